The van der Waals surface area contributed by atoms with Gasteiger partial charge in [0.05, 0.1) is 45.6 Å². The zero-order chi connectivity index (χ0) is 41.5. The molecule has 58 heavy (non-hydrogen) atoms. The van der Waals surface area contributed by atoms with Crippen molar-refractivity contribution in [2.45, 2.75) is 65.5 Å². The van der Waals surface area contributed by atoms with Crippen LogP contribution in [0.5, 0.6) is 11.5 Å². The molecule has 5 aromatic heterocycles. The van der Waals surface area contributed by atoms with Gasteiger partial charge in [0.25, 0.3) is 21.3 Å². The SMILES string of the molecule is COc1ccc(Cn2c(C)cn3c(C(C)c4nc(C)cs4)ncc3c2=O)cc1.COc1ccc(Cn2c(C)cn3c(C4(C)CCN(S(N)(=O)=O)C4)ncc3c2=O)cc1. The van der Waals surface area contributed by atoms with Crippen molar-refractivity contribution in [1.29, 1.82) is 0 Å². The van der Waals surface area contributed by atoms with Gasteiger partial charge in [-0.25, -0.2) is 20.1 Å². The van der Waals surface area contributed by atoms with Gasteiger partial charge >= 0.3 is 0 Å². The summed E-state index contributed by atoms with van der Waals surface area (Å²) in [4.78, 5) is 39.9. The average molecular weight is 826 g/mol. The molecule has 0 amide bonds. The Balaban J connectivity index is 0.000000177. The highest BCUT2D eigenvalue weighted by atomic mass is 32.2. The van der Waals surface area contributed by atoms with Crippen LogP contribution in [0.2, 0.25) is 0 Å². The van der Waals surface area contributed by atoms with Crippen molar-refractivity contribution in [2.24, 2.45) is 5.14 Å². The summed E-state index contributed by atoms with van der Waals surface area (Å²) < 4.78 is 42.3. The molecule has 0 saturated carbocycles. The fraction of sp³-hybridized carbons (Fsp3) is 0.341. The highest BCUT2D eigenvalue weighted by molar-refractivity contribution is 7.86. The van der Waals surface area contributed by atoms with Gasteiger partial charge in [-0.05, 0) is 69.5 Å². The van der Waals surface area contributed by atoms with Crippen molar-refractivity contribution in [3.05, 3.63) is 144 Å². The zero-order valence-corrected chi connectivity index (χ0v) is 35.2. The van der Waals surface area contributed by atoms with Crippen molar-refractivity contribution in [3.63, 3.8) is 0 Å². The number of ether oxygens (including phenoxy) is 2. The Morgan fingerprint density at radius 2 is 1.34 bits per heavy atom. The number of hydrogen-bond acceptors (Lipinski definition) is 10. The van der Waals surface area contributed by atoms with Gasteiger partial charge in [-0.1, -0.05) is 31.2 Å². The number of rotatable bonds is 10. The van der Waals surface area contributed by atoms with Crippen LogP contribution in [0.25, 0.3) is 11.0 Å². The molecule has 0 spiro atoms. The van der Waals surface area contributed by atoms with Gasteiger partial charge in [0.1, 0.15) is 39.2 Å². The summed E-state index contributed by atoms with van der Waals surface area (Å²) >= 11 is 1.62. The van der Waals surface area contributed by atoms with Crippen molar-refractivity contribution >= 4 is 32.6 Å². The molecule has 15 nitrogen and oxygen atoms in total. The van der Waals surface area contributed by atoms with Crippen molar-refractivity contribution in [3.8, 4) is 11.5 Å². The molecule has 0 radical (unpaired) electrons. The van der Waals surface area contributed by atoms with E-state index in [1.54, 1.807) is 51.5 Å². The molecule has 7 aromatic rings. The van der Waals surface area contributed by atoms with Gasteiger partial charge in [0.2, 0.25) is 0 Å². The van der Waals surface area contributed by atoms with E-state index in [1.165, 1.54) is 4.31 Å². The first kappa shape index (κ1) is 40.6. The minimum Gasteiger partial charge on any atom is -0.497 e. The number of fused-ring (bicyclic) bond motifs is 2. The van der Waals surface area contributed by atoms with E-state index < -0.39 is 15.6 Å². The highest BCUT2D eigenvalue weighted by Gasteiger charge is 2.42. The molecule has 1 saturated heterocycles. The molecule has 2 atom stereocenters. The second-order valence-electron chi connectivity index (χ2n) is 15.0. The molecule has 8 rings (SSSR count). The molecule has 2 unspecified atom stereocenters. The quantitative estimate of drug-likeness (QED) is 0.203. The third-order valence-electron chi connectivity index (χ3n) is 10.8. The number of aromatic nitrogens is 7. The van der Waals surface area contributed by atoms with Gasteiger partial charge in [-0.3, -0.25) is 18.4 Å². The maximum absolute atomic E-state index is 13.2. The van der Waals surface area contributed by atoms with E-state index in [4.69, 9.17) is 14.6 Å². The predicted octanol–water partition coefficient (Wildman–Crippen LogP) is 4.81. The fourth-order valence-corrected chi connectivity index (χ4v) is 9.08. The van der Waals surface area contributed by atoms with E-state index in [0.717, 1.165) is 50.5 Å². The van der Waals surface area contributed by atoms with Crippen LogP contribution in [0, 0.1) is 20.8 Å². The Hall–Kier alpha value is -5.62. The molecular formula is C41H47N9O6S2. The molecule has 1 aliphatic rings. The van der Waals surface area contributed by atoms with Gasteiger partial charge in [-0.2, -0.15) is 12.7 Å². The maximum atomic E-state index is 13.2. The topological polar surface area (TPSA) is 173 Å². The summed E-state index contributed by atoms with van der Waals surface area (Å²) in [6.07, 6.45) is 7.68. The predicted molar refractivity (Wildman–Crippen MR) is 224 cm³/mol. The zero-order valence-electron chi connectivity index (χ0n) is 33.5. The van der Waals surface area contributed by atoms with E-state index in [9.17, 15) is 18.0 Å². The van der Waals surface area contributed by atoms with E-state index in [0.29, 0.717) is 42.9 Å². The molecule has 2 aromatic carbocycles. The Kier molecular flexibility index (Phi) is 11.2. The minimum atomic E-state index is -3.76. The Morgan fingerprint density at radius 3 is 1.83 bits per heavy atom. The third kappa shape index (κ3) is 7.94. The van der Waals surface area contributed by atoms with E-state index in [1.807, 2.05) is 98.4 Å². The van der Waals surface area contributed by atoms with Crippen LogP contribution in [-0.4, -0.2) is 72.9 Å². The monoisotopic (exact) mass is 825 g/mol. The van der Waals surface area contributed by atoms with Gasteiger partial charge in [0.15, 0.2) is 0 Å². The molecule has 0 bridgehead atoms. The van der Waals surface area contributed by atoms with Crippen LogP contribution in [-0.2, 0) is 28.7 Å². The lowest BCUT2D eigenvalue weighted by Gasteiger charge is -2.23. The first-order chi connectivity index (χ1) is 27.6. The summed E-state index contributed by atoms with van der Waals surface area (Å²) in [6.45, 7) is 11.3. The summed E-state index contributed by atoms with van der Waals surface area (Å²) in [5, 5.41) is 8.34. The van der Waals surface area contributed by atoms with Crippen LogP contribution >= 0.6 is 11.3 Å². The molecule has 17 heteroatoms. The number of hydrogen-bond donors (Lipinski definition) is 1. The standard InChI is InChI=1S/C21H22N4O2S.C20H25N5O4S/c1-13-12-28-20(23-13)15(3)19-22-9-18-21(26)24(14(2)10-25(18)19)11-16-5-7-17(27-4)8-6-16;1-14-11-25-17(18(26)24(14)12-15-4-6-16(29-3)7-5-15)10-22-19(25)20(2)8-9-23(13-20)30(21,27)28/h5-10,12,15H,11H2,1-4H3;4-7,10-11H,8-9,12-13H2,1-3H3,(H2,21,27,28). The third-order valence-corrected chi connectivity index (χ3v) is 12.9. The highest BCUT2D eigenvalue weighted by Crippen LogP contribution is 2.34. The average Bonchev–Trinajstić information content (AvgIpc) is 4.02. The molecule has 0 aliphatic carbocycles. The van der Waals surface area contributed by atoms with Crippen molar-refractivity contribution < 1.29 is 17.9 Å². The smallest absolute Gasteiger partial charge is 0.276 e. The molecule has 304 valence electrons. The van der Waals surface area contributed by atoms with Crippen molar-refractivity contribution in [2.75, 3.05) is 27.3 Å². The second-order valence-corrected chi connectivity index (χ2v) is 17.4. The first-order valence-electron chi connectivity index (χ1n) is 18.7. The Morgan fingerprint density at radius 1 is 0.828 bits per heavy atom. The molecule has 6 heterocycles. The Bertz CT molecular complexity index is 2840. The molecule has 1 fully saturated rings. The lowest BCUT2D eigenvalue weighted by Crippen LogP contribution is -2.38. The normalized spacial score (nSPS) is 16.4. The fourth-order valence-electron chi connectivity index (χ4n) is 7.42. The van der Waals surface area contributed by atoms with Crippen LogP contribution in [0.3, 0.4) is 0 Å². The molecule has 2 N–H and O–H groups in total. The summed E-state index contributed by atoms with van der Waals surface area (Å²) in [5.41, 5.74) is 5.02. The summed E-state index contributed by atoms with van der Waals surface area (Å²) in [7, 11) is -0.505. The number of imidazole rings is 2. The first-order valence-corrected chi connectivity index (χ1v) is 21.1. The van der Waals surface area contributed by atoms with E-state index in [-0.39, 0.29) is 23.6 Å². The Labute approximate surface area is 340 Å². The number of thiazole rings is 1. The number of benzene rings is 2. The van der Waals surface area contributed by atoms with E-state index in [2.05, 4.69) is 21.9 Å². The largest absolute Gasteiger partial charge is 0.497 e. The molecular weight excluding hydrogens is 779 g/mol. The van der Waals surface area contributed by atoms with E-state index >= 15 is 0 Å². The van der Waals surface area contributed by atoms with Crippen molar-refractivity contribution in [1.82, 2.24) is 37.2 Å². The van der Waals surface area contributed by atoms with Crippen LogP contribution in [0.1, 0.15) is 71.1 Å². The number of nitrogens with two attached hydrogens (primary N) is 1. The van der Waals surface area contributed by atoms with Crippen LogP contribution in [0.4, 0.5) is 0 Å². The lowest BCUT2D eigenvalue weighted by atomic mass is 9.89. The van der Waals surface area contributed by atoms with Crippen LogP contribution in [0.15, 0.2) is 88.3 Å². The molecule has 1 aliphatic heterocycles. The number of methoxy groups -OCH3 is 2. The van der Waals surface area contributed by atoms with Gasteiger partial charge < -0.3 is 18.6 Å². The minimum absolute atomic E-state index is 0.0254. The number of nitrogens with zero attached hydrogens (tertiary/aromatic N) is 8. The van der Waals surface area contributed by atoms with Gasteiger partial charge in [-0.15, -0.1) is 11.3 Å². The van der Waals surface area contributed by atoms with Crippen LogP contribution < -0.4 is 25.7 Å². The van der Waals surface area contributed by atoms with Gasteiger partial charge in [0, 0.05) is 53.4 Å². The maximum Gasteiger partial charge on any atom is 0.276 e. The lowest BCUT2D eigenvalue weighted by molar-refractivity contribution is 0.414. The second kappa shape index (κ2) is 16.0. The number of aryl methyl sites for hydroxylation is 3. The summed E-state index contributed by atoms with van der Waals surface area (Å²) in [5.74, 6) is 3.09. The summed E-state index contributed by atoms with van der Waals surface area (Å²) in [6, 6.07) is 15.3.